The Labute approximate surface area is 174 Å². The van der Waals surface area contributed by atoms with Crippen LogP contribution in [0.3, 0.4) is 0 Å². The first-order chi connectivity index (χ1) is 12.7. The molecule has 27 heavy (non-hydrogen) atoms. The largest absolute Gasteiger partial charge is 0.388 e. The standard InChI is InChI=1S/C20H30INO5/c1-11(2)26-16-9-15(19(27-12(3)4)18(24)17(16)23)20(25)22-10-13-5-7-14(21)8-6-13/h5-8,11-12,15-19,23-24H,9-10H2,1-4H3,(H,22,25)/t15?,16-,17-,18-,19-/m1/s1. The zero-order valence-electron chi connectivity index (χ0n) is 16.3. The van der Waals surface area contributed by atoms with Crippen LogP contribution in [0, 0.1) is 9.49 Å². The van der Waals surface area contributed by atoms with Gasteiger partial charge in [-0.2, -0.15) is 0 Å². The van der Waals surface area contributed by atoms with Crippen LogP contribution in [-0.2, 0) is 20.8 Å². The Kier molecular flexibility index (Phi) is 8.48. The van der Waals surface area contributed by atoms with Gasteiger partial charge in [0.2, 0.25) is 5.91 Å². The molecule has 1 fully saturated rings. The number of carbonyl (C=O) groups excluding carboxylic acids is 1. The number of aliphatic hydroxyl groups excluding tert-OH is 2. The van der Waals surface area contributed by atoms with E-state index in [4.69, 9.17) is 9.47 Å². The average Bonchev–Trinajstić information content (AvgIpc) is 2.60. The lowest BCUT2D eigenvalue weighted by atomic mass is 9.79. The van der Waals surface area contributed by atoms with Crippen LogP contribution >= 0.6 is 22.6 Å². The molecule has 1 aliphatic rings. The first kappa shape index (κ1) is 22.5. The summed E-state index contributed by atoms with van der Waals surface area (Å²) in [7, 11) is 0. The van der Waals surface area contributed by atoms with Crippen molar-refractivity contribution in [3.05, 3.63) is 33.4 Å². The van der Waals surface area contributed by atoms with Crippen molar-refractivity contribution in [3.8, 4) is 0 Å². The third-order valence-electron chi connectivity index (χ3n) is 4.54. The number of ether oxygens (including phenoxy) is 2. The van der Waals surface area contributed by atoms with Gasteiger partial charge in [-0.1, -0.05) is 12.1 Å². The van der Waals surface area contributed by atoms with Crippen LogP contribution in [0.5, 0.6) is 0 Å². The highest BCUT2D eigenvalue weighted by molar-refractivity contribution is 14.1. The minimum absolute atomic E-state index is 0.116. The summed E-state index contributed by atoms with van der Waals surface area (Å²) in [6, 6.07) is 7.91. The highest BCUT2D eigenvalue weighted by atomic mass is 127. The van der Waals surface area contributed by atoms with Gasteiger partial charge in [-0.25, -0.2) is 0 Å². The minimum Gasteiger partial charge on any atom is -0.388 e. The lowest BCUT2D eigenvalue weighted by Gasteiger charge is -2.42. The Morgan fingerprint density at radius 1 is 1.11 bits per heavy atom. The van der Waals surface area contributed by atoms with Gasteiger partial charge < -0.3 is 25.0 Å². The van der Waals surface area contributed by atoms with Crippen LogP contribution in [-0.4, -0.2) is 52.7 Å². The molecule has 1 aromatic rings. The quantitative estimate of drug-likeness (QED) is 0.510. The molecule has 0 radical (unpaired) electrons. The molecular formula is C20H30INO5. The molecule has 7 heteroatoms. The molecule has 0 aromatic heterocycles. The molecule has 152 valence electrons. The molecule has 0 saturated heterocycles. The number of benzene rings is 1. The van der Waals surface area contributed by atoms with E-state index in [0.717, 1.165) is 9.13 Å². The number of amides is 1. The fourth-order valence-corrected chi connectivity index (χ4v) is 3.69. The van der Waals surface area contributed by atoms with Crippen molar-refractivity contribution in [1.82, 2.24) is 5.32 Å². The van der Waals surface area contributed by atoms with Crippen LogP contribution in [0.4, 0.5) is 0 Å². The number of halogens is 1. The third-order valence-corrected chi connectivity index (χ3v) is 5.26. The summed E-state index contributed by atoms with van der Waals surface area (Å²) in [5.74, 6) is -0.805. The fraction of sp³-hybridized carbons (Fsp3) is 0.650. The predicted molar refractivity (Wildman–Crippen MR) is 111 cm³/mol. The Morgan fingerprint density at radius 2 is 1.70 bits per heavy atom. The molecule has 1 aromatic carbocycles. The van der Waals surface area contributed by atoms with Crippen molar-refractivity contribution in [1.29, 1.82) is 0 Å². The topological polar surface area (TPSA) is 88.0 Å². The van der Waals surface area contributed by atoms with Gasteiger partial charge in [-0.3, -0.25) is 4.79 Å². The van der Waals surface area contributed by atoms with Crippen LogP contribution in [0.25, 0.3) is 0 Å². The lowest BCUT2D eigenvalue weighted by Crippen LogP contribution is -2.59. The molecule has 1 unspecified atom stereocenters. The van der Waals surface area contributed by atoms with Crippen LogP contribution < -0.4 is 5.32 Å². The summed E-state index contributed by atoms with van der Waals surface area (Å²) in [6.07, 6.45) is -3.65. The van der Waals surface area contributed by atoms with Crippen molar-refractivity contribution in [2.75, 3.05) is 0 Å². The Balaban J connectivity index is 2.11. The first-order valence-electron chi connectivity index (χ1n) is 9.38. The molecule has 1 aliphatic carbocycles. The molecule has 0 aliphatic heterocycles. The van der Waals surface area contributed by atoms with E-state index in [1.807, 2.05) is 52.0 Å². The van der Waals surface area contributed by atoms with E-state index in [0.29, 0.717) is 13.0 Å². The monoisotopic (exact) mass is 491 g/mol. The second-order valence-corrected chi connectivity index (χ2v) is 8.79. The maximum absolute atomic E-state index is 12.9. The van der Waals surface area contributed by atoms with Crippen LogP contribution in [0.2, 0.25) is 0 Å². The van der Waals surface area contributed by atoms with E-state index in [9.17, 15) is 15.0 Å². The van der Waals surface area contributed by atoms with Crippen molar-refractivity contribution in [2.24, 2.45) is 5.92 Å². The van der Waals surface area contributed by atoms with Crippen molar-refractivity contribution in [2.45, 2.75) is 77.3 Å². The van der Waals surface area contributed by atoms with Crippen molar-refractivity contribution >= 4 is 28.5 Å². The minimum atomic E-state index is -1.18. The van der Waals surface area contributed by atoms with Gasteiger partial charge in [0.1, 0.15) is 12.2 Å². The number of hydrogen-bond acceptors (Lipinski definition) is 5. The van der Waals surface area contributed by atoms with Crippen molar-refractivity contribution in [3.63, 3.8) is 0 Å². The SMILES string of the molecule is CC(C)O[C@@H]1C(C(=O)NCc2ccc(I)cc2)C[C@@H](OC(C)C)[C@@H](O)[C@H]1O. The molecule has 0 spiro atoms. The summed E-state index contributed by atoms with van der Waals surface area (Å²) in [5.41, 5.74) is 0.997. The Bertz CT molecular complexity index is 607. The molecule has 3 N–H and O–H groups in total. The smallest absolute Gasteiger partial charge is 0.226 e. The zero-order valence-corrected chi connectivity index (χ0v) is 18.4. The van der Waals surface area contributed by atoms with E-state index in [1.165, 1.54) is 0 Å². The third kappa shape index (κ3) is 6.39. The number of hydrogen-bond donors (Lipinski definition) is 3. The van der Waals surface area contributed by atoms with Gasteiger partial charge in [0.15, 0.2) is 0 Å². The van der Waals surface area contributed by atoms with Gasteiger partial charge in [-0.15, -0.1) is 0 Å². The molecule has 1 saturated carbocycles. The second kappa shape index (κ2) is 10.2. The van der Waals surface area contributed by atoms with E-state index in [-0.39, 0.29) is 18.1 Å². The molecule has 6 nitrogen and oxygen atoms in total. The summed E-state index contributed by atoms with van der Waals surface area (Å²) < 4.78 is 12.7. The molecule has 1 amide bonds. The average molecular weight is 491 g/mol. The molecule has 5 atom stereocenters. The second-order valence-electron chi connectivity index (χ2n) is 7.54. The van der Waals surface area contributed by atoms with E-state index >= 15 is 0 Å². The molecule has 0 bridgehead atoms. The highest BCUT2D eigenvalue weighted by Gasteiger charge is 2.48. The Morgan fingerprint density at radius 3 is 2.26 bits per heavy atom. The van der Waals surface area contributed by atoms with E-state index in [1.54, 1.807) is 0 Å². The number of rotatable bonds is 7. The van der Waals surface area contributed by atoms with Gasteiger partial charge in [0.25, 0.3) is 0 Å². The Hall–Kier alpha value is -0.740. The summed E-state index contributed by atoms with van der Waals surface area (Å²) in [5, 5.41) is 23.9. The first-order valence-corrected chi connectivity index (χ1v) is 10.5. The predicted octanol–water partition coefficient (Wildman–Crippen LogP) is 2.24. The van der Waals surface area contributed by atoms with Gasteiger partial charge >= 0.3 is 0 Å². The van der Waals surface area contributed by atoms with Gasteiger partial charge in [-0.05, 0) is 74.4 Å². The number of carbonyl (C=O) groups is 1. The molecule has 0 heterocycles. The number of nitrogens with one attached hydrogen (secondary N) is 1. The van der Waals surface area contributed by atoms with E-state index < -0.39 is 30.3 Å². The van der Waals surface area contributed by atoms with Gasteiger partial charge in [0.05, 0.1) is 30.3 Å². The van der Waals surface area contributed by atoms with Crippen LogP contribution in [0.15, 0.2) is 24.3 Å². The van der Waals surface area contributed by atoms with Crippen molar-refractivity contribution < 1.29 is 24.5 Å². The van der Waals surface area contributed by atoms with E-state index in [2.05, 4.69) is 27.9 Å². The highest BCUT2D eigenvalue weighted by Crippen LogP contribution is 2.31. The van der Waals surface area contributed by atoms with Crippen LogP contribution in [0.1, 0.15) is 39.7 Å². The summed E-state index contributed by atoms with van der Waals surface area (Å²) in [4.78, 5) is 12.9. The molecule has 2 rings (SSSR count). The number of aliphatic hydroxyl groups is 2. The lowest BCUT2D eigenvalue weighted by molar-refractivity contribution is -0.204. The fourth-order valence-electron chi connectivity index (χ4n) is 3.33. The normalized spacial score (nSPS) is 28.6. The van der Waals surface area contributed by atoms with Gasteiger partial charge in [0, 0.05) is 10.1 Å². The zero-order chi connectivity index (χ0) is 20.1. The summed E-state index contributed by atoms with van der Waals surface area (Å²) in [6.45, 7) is 7.81. The summed E-state index contributed by atoms with van der Waals surface area (Å²) >= 11 is 2.23. The maximum atomic E-state index is 12.9. The molecular weight excluding hydrogens is 461 g/mol. The maximum Gasteiger partial charge on any atom is 0.226 e.